The lowest BCUT2D eigenvalue weighted by Gasteiger charge is -2.15. The molecule has 1 aromatic heterocycles. The normalized spacial score (nSPS) is 11.9. The summed E-state index contributed by atoms with van der Waals surface area (Å²) in [5, 5.41) is 0. The van der Waals surface area contributed by atoms with Gasteiger partial charge < -0.3 is 4.42 Å². The summed E-state index contributed by atoms with van der Waals surface area (Å²) in [6, 6.07) is 4.21. The molecule has 1 aromatic carbocycles. The van der Waals surface area contributed by atoms with Crippen molar-refractivity contribution in [1.82, 2.24) is 4.98 Å². The van der Waals surface area contributed by atoms with E-state index in [1.54, 1.807) is 0 Å². The monoisotopic (exact) mass is 203 g/mol. The van der Waals surface area contributed by atoms with Crippen LogP contribution in [-0.4, -0.2) is 4.98 Å². The summed E-state index contributed by atoms with van der Waals surface area (Å²) in [5.41, 5.74) is 4.59. The average molecular weight is 203 g/mol. The molecule has 0 N–H and O–H groups in total. The maximum Gasteiger partial charge on any atom is 0.181 e. The van der Waals surface area contributed by atoms with Gasteiger partial charge in [-0.2, -0.15) is 0 Å². The molecule has 0 unspecified atom stereocenters. The Balaban J connectivity index is 2.75. The zero-order valence-corrected chi connectivity index (χ0v) is 9.74. The van der Waals surface area contributed by atoms with E-state index in [9.17, 15) is 0 Å². The fraction of sp³-hybridized carbons (Fsp3) is 0.462. The van der Waals surface area contributed by atoms with E-state index in [0.29, 0.717) is 11.8 Å². The Morgan fingerprint density at radius 1 is 1.07 bits per heavy atom. The quantitative estimate of drug-likeness (QED) is 0.735. The topological polar surface area (TPSA) is 26.0 Å². The van der Waals surface area contributed by atoms with E-state index < -0.39 is 0 Å². The molecule has 1 heterocycles. The average Bonchev–Trinajstić information content (AvgIpc) is 2.62. The molecule has 0 bridgehead atoms. The Morgan fingerprint density at radius 2 is 1.80 bits per heavy atom. The maximum atomic E-state index is 5.49. The van der Waals surface area contributed by atoms with E-state index in [4.69, 9.17) is 4.42 Å². The Bertz CT molecular complexity index is 468. The van der Waals surface area contributed by atoms with E-state index in [0.717, 1.165) is 11.1 Å². The van der Waals surface area contributed by atoms with E-state index in [1.807, 2.05) is 6.07 Å². The van der Waals surface area contributed by atoms with Gasteiger partial charge >= 0.3 is 0 Å². The molecule has 0 aliphatic heterocycles. The molecule has 2 heteroatoms. The molecule has 0 atom stereocenters. The summed E-state index contributed by atoms with van der Waals surface area (Å²) in [6.07, 6.45) is 1.53. The van der Waals surface area contributed by atoms with Crippen LogP contribution in [-0.2, 0) is 0 Å². The third-order valence-electron chi connectivity index (χ3n) is 2.77. The highest BCUT2D eigenvalue weighted by molar-refractivity contribution is 5.78. The number of aromatic nitrogens is 1. The van der Waals surface area contributed by atoms with E-state index in [-0.39, 0.29) is 0 Å². The molecule has 0 aliphatic rings. The van der Waals surface area contributed by atoms with Crippen LogP contribution in [0.15, 0.2) is 22.9 Å². The van der Waals surface area contributed by atoms with Gasteiger partial charge in [0, 0.05) is 5.56 Å². The molecule has 2 nitrogen and oxygen atoms in total. The summed E-state index contributed by atoms with van der Waals surface area (Å²) >= 11 is 0. The molecule has 15 heavy (non-hydrogen) atoms. The zero-order chi connectivity index (χ0) is 11.0. The Kier molecular flexibility index (Phi) is 2.51. The van der Waals surface area contributed by atoms with Gasteiger partial charge in [0.25, 0.3) is 0 Å². The predicted octanol–water partition coefficient (Wildman–Crippen LogP) is 4.07. The van der Waals surface area contributed by atoms with Gasteiger partial charge in [-0.15, -0.1) is 0 Å². The number of nitrogens with zero attached hydrogens (tertiary/aromatic N) is 1. The third kappa shape index (κ3) is 1.65. The van der Waals surface area contributed by atoms with Crippen LogP contribution in [0.3, 0.4) is 0 Å². The van der Waals surface area contributed by atoms with Crippen LogP contribution in [0.1, 0.15) is 50.7 Å². The first-order valence-corrected chi connectivity index (χ1v) is 5.47. The largest absolute Gasteiger partial charge is 0.443 e. The summed E-state index contributed by atoms with van der Waals surface area (Å²) in [5.74, 6) is 0.996. The molecule has 0 amide bonds. The second kappa shape index (κ2) is 3.69. The van der Waals surface area contributed by atoms with Crippen LogP contribution in [0, 0.1) is 0 Å². The minimum Gasteiger partial charge on any atom is -0.443 e. The van der Waals surface area contributed by atoms with E-state index in [2.05, 4.69) is 38.7 Å². The van der Waals surface area contributed by atoms with E-state index >= 15 is 0 Å². The summed E-state index contributed by atoms with van der Waals surface area (Å²) in [6.45, 7) is 8.82. The number of fused-ring (bicyclic) bond motifs is 1. The van der Waals surface area contributed by atoms with Crippen molar-refractivity contribution in [2.75, 3.05) is 0 Å². The van der Waals surface area contributed by atoms with Gasteiger partial charge in [-0.05, 0) is 23.5 Å². The summed E-state index contributed by atoms with van der Waals surface area (Å²) in [4.78, 5) is 4.20. The van der Waals surface area contributed by atoms with Crippen LogP contribution in [0.25, 0.3) is 11.1 Å². The molecular weight excluding hydrogens is 186 g/mol. The van der Waals surface area contributed by atoms with Crippen LogP contribution >= 0.6 is 0 Å². The highest BCUT2D eigenvalue weighted by Crippen LogP contribution is 2.32. The summed E-state index contributed by atoms with van der Waals surface area (Å²) < 4.78 is 5.49. The highest BCUT2D eigenvalue weighted by Gasteiger charge is 2.16. The van der Waals surface area contributed by atoms with Gasteiger partial charge in [0.1, 0.15) is 5.52 Å². The Labute approximate surface area is 90.3 Å². The first-order valence-electron chi connectivity index (χ1n) is 5.47. The van der Waals surface area contributed by atoms with Crippen LogP contribution in [0.4, 0.5) is 0 Å². The second-order valence-electron chi connectivity index (χ2n) is 4.58. The lowest BCUT2D eigenvalue weighted by molar-refractivity contribution is 0.592. The first-order chi connectivity index (χ1) is 7.11. The zero-order valence-electron chi connectivity index (χ0n) is 9.74. The molecular formula is C13H17NO. The molecule has 0 saturated heterocycles. The molecule has 80 valence electrons. The van der Waals surface area contributed by atoms with Crippen molar-refractivity contribution in [1.29, 1.82) is 0 Å². The molecule has 2 rings (SSSR count). The van der Waals surface area contributed by atoms with Crippen molar-refractivity contribution < 1.29 is 4.42 Å². The Morgan fingerprint density at radius 3 is 2.40 bits per heavy atom. The lowest BCUT2D eigenvalue weighted by atomic mass is 9.90. The molecule has 2 aromatic rings. The summed E-state index contributed by atoms with van der Waals surface area (Å²) in [7, 11) is 0. The van der Waals surface area contributed by atoms with Crippen LogP contribution < -0.4 is 0 Å². The maximum absolute atomic E-state index is 5.49. The van der Waals surface area contributed by atoms with Gasteiger partial charge in [-0.3, -0.25) is 0 Å². The van der Waals surface area contributed by atoms with E-state index in [1.165, 1.54) is 17.5 Å². The van der Waals surface area contributed by atoms with Crippen molar-refractivity contribution in [3.05, 3.63) is 29.7 Å². The fourth-order valence-corrected chi connectivity index (χ4v) is 2.06. The molecule has 0 aliphatic carbocycles. The van der Waals surface area contributed by atoms with Crippen LogP contribution in [0.2, 0.25) is 0 Å². The number of oxazole rings is 1. The van der Waals surface area contributed by atoms with Gasteiger partial charge in [-0.1, -0.05) is 33.8 Å². The van der Waals surface area contributed by atoms with Gasteiger partial charge in [0.15, 0.2) is 12.0 Å². The fourth-order valence-electron chi connectivity index (χ4n) is 2.06. The van der Waals surface area contributed by atoms with Crippen molar-refractivity contribution in [3.63, 3.8) is 0 Å². The number of rotatable bonds is 2. The van der Waals surface area contributed by atoms with Gasteiger partial charge in [0.2, 0.25) is 0 Å². The molecule has 0 radical (unpaired) electrons. The van der Waals surface area contributed by atoms with Crippen molar-refractivity contribution in [2.24, 2.45) is 0 Å². The highest BCUT2D eigenvalue weighted by atomic mass is 16.3. The molecule has 0 fully saturated rings. The number of hydrogen-bond donors (Lipinski definition) is 0. The van der Waals surface area contributed by atoms with Crippen molar-refractivity contribution in [3.8, 4) is 0 Å². The van der Waals surface area contributed by atoms with Crippen molar-refractivity contribution >= 4 is 11.1 Å². The second-order valence-corrected chi connectivity index (χ2v) is 4.58. The van der Waals surface area contributed by atoms with Gasteiger partial charge in [-0.25, -0.2) is 4.98 Å². The lowest BCUT2D eigenvalue weighted by Crippen LogP contribution is -1.98. The van der Waals surface area contributed by atoms with Gasteiger partial charge in [0.05, 0.1) is 0 Å². The SMILES string of the molecule is CC(C)c1ccc2ncoc2c1C(C)C. The number of benzene rings is 1. The Hall–Kier alpha value is -1.31. The molecule has 0 spiro atoms. The minimum absolute atomic E-state index is 0.471. The third-order valence-corrected chi connectivity index (χ3v) is 2.77. The first kappa shape index (κ1) is 10.2. The number of hydrogen-bond acceptors (Lipinski definition) is 2. The molecule has 0 saturated carbocycles. The van der Waals surface area contributed by atoms with Crippen molar-refractivity contribution in [2.45, 2.75) is 39.5 Å². The van der Waals surface area contributed by atoms with Crippen LogP contribution in [0.5, 0.6) is 0 Å². The minimum atomic E-state index is 0.471. The standard InChI is InChI=1S/C13H17NO/c1-8(2)10-5-6-11-13(15-7-14-11)12(10)9(3)4/h5-9H,1-4H3. The predicted molar refractivity (Wildman–Crippen MR) is 62.2 cm³/mol. The smallest absolute Gasteiger partial charge is 0.181 e.